The Kier molecular flexibility index (Phi) is 6.10. The minimum absolute atomic E-state index is 0.0485. The Labute approximate surface area is 159 Å². The number of nitrogens with one attached hydrogen (secondary N) is 1. The van der Waals surface area contributed by atoms with Gasteiger partial charge in [0.25, 0.3) is 0 Å². The molecule has 0 spiro atoms. The van der Waals surface area contributed by atoms with Gasteiger partial charge in [-0.25, -0.2) is 0 Å². The Morgan fingerprint density at radius 2 is 1.67 bits per heavy atom. The lowest BCUT2D eigenvalue weighted by Gasteiger charge is -2.12. The molecule has 0 aromatic heterocycles. The van der Waals surface area contributed by atoms with Crippen molar-refractivity contribution in [1.82, 2.24) is 0 Å². The van der Waals surface area contributed by atoms with Crippen LogP contribution in [0.3, 0.4) is 0 Å². The predicted molar refractivity (Wildman–Crippen MR) is 108 cm³/mol. The summed E-state index contributed by atoms with van der Waals surface area (Å²) in [7, 11) is 1.66. The fraction of sp³-hybridized carbons (Fsp3) is 0.174. The Bertz CT molecular complexity index is 907. The fourth-order valence-electron chi connectivity index (χ4n) is 2.84. The Morgan fingerprint density at radius 3 is 2.41 bits per heavy atom. The molecule has 0 heterocycles. The molecular formula is C23H23NO3. The molecule has 0 radical (unpaired) electrons. The molecule has 4 heteroatoms. The van der Waals surface area contributed by atoms with Gasteiger partial charge < -0.3 is 14.8 Å². The summed E-state index contributed by atoms with van der Waals surface area (Å²) >= 11 is 0. The van der Waals surface area contributed by atoms with Crippen LogP contribution in [0.25, 0.3) is 0 Å². The number of carbonyl (C=O) groups is 1. The van der Waals surface area contributed by atoms with Crippen molar-refractivity contribution in [2.75, 3.05) is 12.4 Å². The van der Waals surface area contributed by atoms with E-state index in [2.05, 4.69) is 11.4 Å². The summed E-state index contributed by atoms with van der Waals surface area (Å²) in [4.78, 5) is 12.4. The Morgan fingerprint density at radius 1 is 0.926 bits per heavy atom. The number of amides is 1. The summed E-state index contributed by atoms with van der Waals surface area (Å²) in [5.74, 6) is 2.16. The molecule has 0 atom stereocenters. The first kappa shape index (κ1) is 18.5. The van der Waals surface area contributed by atoms with Gasteiger partial charge in [0, 0.05) is 6.42 Å². The van der Waals surface area contributed by atoms with Gasteiger partial charge in [-0.1, -0.05) is 42.5 Å². The van der Waals surface area contributed by atoms with Gasteiger partial charge in [0.05, 0.1) is 12.8 Å². The second-order valence-corrected chi connectivity index (χ2v) is 6.26. The highest BCUT2D eigenvalue weighted by Crippen LogP contribution is 2.29. The number of methoxy groups -OCH3 is 1. The van der Waals surface area contributed by atoms with E-state index in [-0.39, 0.29) is 5.91 Å². The number of ether oxygens (including phenoxy) is 2. The maximum absolute atomic E-state index is 12.4. The lowest BCUT2D eigenvalue weighted by atomic mass is 10.1. The number of para-hydroxylation sites is 3. The van der Waals surface area contributed by atoms with Gasteiger partial charge in [0.2, 0.25) is 5.91 Å². The molecule has 0 saturated heterocycles. The second kappa shape index (κ2) is 8.90. The SMILES string of the molecule is COc1ccc(CCC(=O)Nc2ccccc2Oc2ccccc2)cc1C. The molecule has 0 aliphatic carbocycles. The summed E-state index contributed by atoms with van der Waals surface area (Å²) in [6.07, 6.45) is 1.06. The molecule has 138 valence electrons. The minimum atomic E-state index is -0.0485. The molecule has 0 saturated carbocycles. The van der Waals surface area contributed by atoms with Gasteiger partial charge in [-0.2, -0.15) is 0 Å². The molecule has 3 rings (SSSR count). The maximum atomic E-state index is 12.4. The number of aryl methyl sites for hydroxylation is 2. The zero-order valence-corrected chi connectivity index (χ0v) is 15.6. The molecule has 0 aliphatic rings. The van der Waals surface area contributed by atoms with Crippen molar-refractivity contribution in [3.63, 3.8) is 0 Å². The summed E-state index contributed by atoms with van der Waals surface area (Å²) in [6, 6.07) is 22.9. The van der Waals surface area contributed by atoms with Crippen molar-refractivity contribution in [3.8, 4) is 17.2 Å². The van der Waals surface area contributed by atoms with Crippen molar-refractivity contribution in [3.05, 3.63) is 83.9 Å². The van der Waals surface area contributed by atoms with Crippen LogP contribution in [-0.2, 0) is 11.2 Å². The highest BCUT2D eigenvalue weighted by molar-refractivity contribution is 5.92. The quantitative estimate of drug-likeness (QED) is 0.616. The molecular weight excluding hydrogens is 338 g/mol. The normalized spacial score (nSPS) is 10.3. The van der Waals surface area contributed by atoms with Crippen LogP contribution in [0.15, 0.2) is 72.8 Å². The van der Waals surface area contributed by atoms with Gasteiger partial charge in [-0.05, 0) is 54.8 Å². The first-order valence-corrected chi connectivity index (χ1v) is 8.91. The maximum Gasteiger partial charge on any atom is 0.224 e. The van der Waals surface area contributed by atoms with Gasteiger partial charge in [-0.15, -0.1) is 0 Å². The third kappa shape index (κ3) is 5.11. The molecule has 4 nitrogen and oxygen atoms in total. The topological polar surface area (TPSA) is 47.6 Å². The average molecular weight is 361 g/mol. The van der Waals surface area contributed by atoms with Gasteiger partial charge >= 0.3 is 0 Å². The van der Waals surface area contributed by atoms with E-state index in [1.54, 1.807) is 7.11 Å². The zero-order chi connectivity index (χ0) is 19.1. The van der Waals surface area contributed by atoms with E-state index in [4.69, 9.17) is 9.47 Å². The van der Waals surface area contributed by atoms with E-state index >= 15 is 0 Å². The van der Waals surface area contributed by atoms with E-state index in [1.807, 2.05) is 73.7 Å². The van der Waals surface area contributed by atoms with Gasteiger partial charge in [-0.3, -0.25) is 4.79 Å². The molecule has 3 aromatic carbocycles. The highest BCUT2D eigenvalue weighted by Gasteiger charge is 2.09. The van der Waals surface area contributed by atoms with Crippen molar-refractivity contribution in [2.45, 2.75) is 19.8 Å². The molecule has 0 fully saturated rings. The van der Waals surface area contributed by atoms with E-state index in [0.29, 0.717) is 24.3 Å². The lowest BCUT2D eigenvalue weighted by molar-refractivity contribution is -0.116. The average Bonchev–Trinajstić information content (AvgIpc) is 2.69. The monoisotopic (exact) mass is 361 g/mol. The van der Waals surface area contributed by atoms with Crippen LogP contribution in [0.5, 0.6) is 17.2 Å². The van der Waals surface area contributed by atoms with Crippen molar-refractivity contribution in [1.29, 1.82) is 0 Å². The fourth-order valence-corrected chi connectivity index (χ4v) is 2.84. The smallest absolute Gasteiger partial charge is 0.224 e. The lowest BCUT2D eigenvalue weighted by Crippen LogP contribution is -2.13. The number of benzene rings is 3. The third-order valence-electron chi connectivity index (χ3n) is 4.23. The standard InChI is InChI=1S/C23H23NO3/c1-17-16-18(12-14-21(17)26-2)13-15-23(25)24-20-10-6-7-11-22(20)27-19-8-4-3-5-9-19/h3-12,14,16H,13,15H2,1-2H3,(H,24,25). The molecule has 3 aromatic rings. The van der Waals surface area contributed by atoms with Crippen LogP contribution in [0, 0.1) is 6.92 Å². The summed E-state index contributed by atoms with van der Waals surface area (Å²) < 4.78 is 11.2. The zero-order valence-electron chi connectivity index (χ0n) is 15.6. The van der Waals surface area contributed by atoms with Crippen LogP contribution in [0.1, 0.15) is 17.5 Å². The van der Waals surface area contributed by atoms with Gasteiger partial charge in [0.15, 0.2) is 5.75 Å². The third-order valence-corrected chi connectivity index (χ3v) is 4.23. The highest BCUT2D eigenvalue weighted by atomic mass is 16.5. The van der Waals surface area contributed by atoms with Gasteiger partial charge in [0.1, 0.15) is 11.5 Å². The second-order valence-electron chi connectivity index (χ2n) is 6.26. The summed E-state index contributed by atoms with van der Waals surface area (Å²) in [5, 5.41) is 2.95. The largest absolute Gasteiger partial charge is 0.496 e. The predicted octanol–water partition coefficient (Wildman–Crippen LogP) is 5.37. The molecule has 1 N–H and O–H groups in total. The van der Waals surface area contributed by atoms with E-state index in [9.17, 15) is 4.79 Å². The number of carbonyl (C=O) groups excluding carboxylic acids is 1. The van der Waals surface area contributed by atoms with E-state index in [0.717, 1.165) is 22.6 Å². The van der Waals surface area contributed by atoms with Crippen molar-refractivity contribution in [2.24, 2.45) is 0 Å². The van der Waals surface area contributed by atoms with Crippen LogP contribution < -0.4 is 14.8 Å². The Hall–Kier alpha value is -3.27. The molecule has 0 aliphatic heterocycles. The molecule has 1 amide bonds. The van der Waals surface area contributed by atoms with Crippen LogP contribution in [-0.4, -0.2) is 13.0 Å². The molecule has 0 unspecified atom stereocenters. The molecule has 0 bridgehead atoms. The number of hydrogen-bond acceptors (Lipinski definition) is 3. The first-order chi connectivity index (χ1) is 13.2. The van der Waals surface area contributed by atoms with Crippen LogP contribution >= 0.6 is 0 Å². The van der Waals surface area contributed by atoms with E-state index < -0.39 is 0 Å². The van der Waals surface area contributed by atoms with Crippen LogP contribution in [0.2, 0.25) is 0 Å². The van der Waals surface area contributed by atoms with Crippen LogP contribution in [0.4, 0.5) is 5.69 Å². The Balaban J connectivity index is 1.62. The summed E-state index contributed by atoms with van der Waals surface area (Å²) in [6.45, 7) is 2.00. The number of hydrogen-bond donors (Lipinski definition) is 1. The minimum Gasteiger partial charge on any atom is -0.496 e. The van der Waals surface area contributed by atoms with Crippen molar-refractivity contribution < 1.29 is 14.3 Å². The number of anilines is 1. The summed E-state index contributed by atoms with van der Waals surface area (Å²) in [5.41, 5.74) is 2.84. The first-order valence-electron chi connectivity index (χ1n) is 8.91. The molecule has 27 heavy (non-hydrogen) atoms. The van der Waals surface area contributed by atoms with Crippen molar-refractivity contribution >= 4 is 11.6 Å². The van der Waals surface area contributed by atoms with E-state index in [1.165, 1.54) is 0 Å². The number of rotatable bonds is 7.